The molecule has 1 aromatic rings. The summed E-state index contributed by atoms with van der Waals surface area (Å²) in [5.74, 6) is -0.694. The molecular formula is C11H12FNO2. The molecule has 80 valence electrons. The lowest BCUT2D eigenvalue weighted by Gasteiger charge is -2.05. The Morgan fingerprint density at radius 3 is 2.73 bits per heavy atom. The number of rotatable bonds is 4. The van der Waals surface area contributed by atoms with Gasteiger partial charge in [0, 0.05) is 11.1 Å². The van der Waals surface area contributed by atoms with Gasteiger partial charge in [-0.25, -0.2) is 4.39 Å². The summed E-state index contributed by atoms with van der Waals surface area (Å²) in [5.41, 5.74) is 0.719. The first kappa shape index (κ1) is 11.5. The fourth-order valence-corrected chi connectivity index (χ4v) is 1.29. The molecule has 0 unspecified atom stereocenters. The number of aryl methyl sites for hydroxylation is 1. The van der Waals surface area contributed by atoms with Gasteiger partial charge in [0.15, 0.2) is 12.1 Å². The standard InChI is InChI=1S/C11H12FNO2/c1-7-3-9(11(15)5-13-2)8(6-14)4-10(7)12/h3-4,6,13H,5H2,1-2H3. The molecule has 15 heavy (non-hydrogen) atoms. The van der Waals surface area contributed by atoms with Gasteiger partial charge in [-0.3, -0.25) is 9.59 Å². The van der Waals surface area contributed by atoms with E-state index in [4.69, 9.17) is 0 Å². The van der Waals surface area contributed by atoms with Crippen LogP contribution >= 0.6 is 0 Å². The van der Waals surface area contributed by atoms with Crippen molar-refractivity contribution in [3.63, 3.8) is 0 Å². The molecule has 0 heterocycles. The van der Waals surface area contributed by atoms with Crippen LogP contribution in [0.5, 0.6) is 0 Å². The Bertz CT molecular complexity index is 402. The Hall–Kier alpha value is -1.55. The molecule has 0 fully saturated rings. The number of carbonyl (C=O) groups is 2. The Balaban J connectivity index is 3.21. The number of hydrogen-bond acceptors (Lipinski definition) is 3. The first-order valence-corrected chi connectivity index (χ1v) is 4.53. The first-order chi connectivity index (χ1) is 7.10. The fraction of sp³-hybridized carbons (Fsp3) is 0.273. The molecule has 0 aliphatic carbocycles. The second-order valence-electron chi connectivity index (χ2n) is 3.26. The van der Waals surface area contributed by atoms with Crippen molar-refractivity contribution in [1.82, 2.24) is 5.32 Å². The maximum Gasteiger partial charge on any atom is 0.177 e. The zero-order valence-electron chi connectivity index (χ0n) is 8.63. The number of Topliss-reactive ketones (excluding diaryl/α,β-unsaturated/α-hetero) is 1. The van der Waals surface area contributed by atoms with E-state index in [1.165, 1.54) is 6.07 Å². The van der Waals surface area contributed by atoms with Crippen LogP contribution in [0.4, 0.5) is 4.39 Å². The molecule has 0 aliphatic rings. The van der Waals surface area contributed by atoms with E-state index < -0.39 is 5.82 Å². The van der Waals surface area contributed by atoms with E-state index in [0.717, 1.165) is 6.07 Å². The maximum atomic E-state index is 13.1. The van der Waals surface area contributed by atoms with Crippen molar-refractivity contribution in [3.05, 3.63) is 34.6 Å². The lowest BCUT2D eigenvalue weighted by atomic mass is 10.0. The highest BCUT2D eigenvalue weighted by atomic mass is 19.1. The van der Waals surface area contributed by atoms with Gasteiger partial charge in [0.1, 0.15) is 5.82 Å². The zero-order chi connectivity index (χ0) is 11.4. The molecule has 3 nitrogen and oxygen atoms in total. The molecular weight excluding hydrogens is 197 g/mol. The average molecular weight is 209 g/mol. The summed E-state index contributed by atoms with van der Waals surface area (Å²) in [6.07, 6.45) is 0.491. The molecule has 0 spiro atoms. The van der Waals surface area contributed by atoms with Crippen LogP contribution in [0.25, 0.3) is 0 Å². The second-order valence-corrected chi connectivity index (χ2v) is 3.26. The van der Waals surface area contributed by atoms with E-state index in [2.05, 4.69) is 5.32 Å². The summed E-state index contributed by atoms with van der Waals surface area (Å²) in [6, 6.07) is 2.49. The minimum Gasteiger partial charge on any atom is -0.313 e. The van der Waals surface area contributed by atoms with Crippen LogP contribution in [0.3, 0.4) is 0 Å². The van der Waals surface area contributed by atoms with Crippen LogP contribution in [0.15, 0.2) is 12.1 Å². The third-order valence-corrected chi connectivity index (χ3v) is 2.10. The molecule has 0 aromatic heterocycles. The predicted molar refractivity (Wildman–Crippen MR) is 54.8 cm³/mol. The number of aldehydes is 1. The van der Waals surface area contributed by atoms with Gasteiger partial charge in [-0.2, -0.15) is 0 Å². The van der Waals surface area contributed by atoms with E-state index in [1.54, 1.807) is 14.0 Å². The summed E-state index contributed by atoms with van der Waals surface area (Å²) in [7, 11) is 1.63. The molecule has 0 saturated heterocycles. The molecule has 0 saturated carbocycles. The van der Waals surface area contributed by atoms with E-state index >= 15 is 0 Å². The van der Waals surface area contributed by atoms with Crippen molar-refractivity contribution in [2.24, 2.45) is 0 Å². The first-order valence-electron chi connectivity index (χ1n) is 4.53. The summed E-state index contributed by atoms with van der Waals surface area (Å²) in [4.78, 5) is 22.2. The maximum absolute atomic E-state index is 13.1. The minimum atomic E-state index is -0.474. The smallest absolute Gasteiger partial charge is 0.177 e. The van der Waals surface area contributed by atoms with Crippen molar-refractivity contribution in [2.75, 3.05) is 13.6 Å². The number of carbonyl (C=O) groups excluding carboxylic acids is 2. The van der Waals surface area contributed by atoms with E-state index in [0.29, 0.717) is 11.8 Å². The van der Waals surface area contributed by atoms with Crippen LogP contribution < -0.4 is 5.32 Å². The molecule has 0 radical (unpaired) electrons. The topological polar surface area (TPSA) is 46.2 Å². The van der Waals surface area contributed by atoms with Crippen LogP contribution in [-0.2, 0) is 0 Å². The molecule has 0 aliphatic heterocycles. The third-order valence-electron chi connectivity index (χ3n) is 2.10. The van der Waals surface area contributed by atoms with E-state index in [-0.39, 0.29) is 23.5 Å². The number of hydrogen-bond donors (Lipinski definition) is 1. The Labute approximate surface area is 87.3 Å². The van der Waals surface area contributed by atoms with Crippen LogP contribution in [0, 0.1) is 12.7 Å². The van der Waals surface area contributed by atoms with Gasteiger partial charge >= 0.3 is 0 Å². The summed E-state index contributed by atoms with van der Waals surface area (Å²) < 4.78 is 13.1. The summed E-state index contributed by atoms with van der Waals surface area (Å²) >= 11 is 0. The third kappa shape index (κ3) is 2.47. The van der Waals surface area contributed by atoms with Crippen molar-refractivity contribution in [1.29, 1.82) is 0 Å². The molecule has 1 aromatic carbocycles. The highest BCUT2D eigenvalue weighted by molar-refractivity contribution is 6.04. The largest absolute Gasteiger partial charge is 0.313 e. The van der Waals surface area contributed by atoms with Crippen molar-refractivity contribution in [2.45, 2.75) is 6.92 Å². The van der Waals surface area contributed by atoms with Gasteiger partial charge in [0.2, 0.25) is 0 Å². The van der Waals surface area contributed by atoms with Gasteiger partial charge < -0.3 is 5.32 Å². The fourth-order valence-electron chi connectivity index (χ4n) is 1.29. The quantitative estimate of drug-likeness (QED) is 0.601. The van der Waals surface area contributed by atoms with Gasteiger partial charge in [-0.05, 0) is 31.7 Å². The van der Waals surface area contributed by atoms with Gasteiger partial charge in [0.05, 0.1) is 6.54 Å². The predicted octanol–water partition coefficient (Wildman–Crippen LogP) is 1.35. The number of ketones is 1. The van der Waals surface area contributed by atoms with Gasteiger partial charge in [-0.1, -0.05) is 0 Å². The number of likely N-dealkylation sites (N-methyl/N-ethyl adjacent to an activating group) is 1. The molecule has 1 N–H and O–H groups in total. The van der Waals surface area contributed by atoms with Crippen molar-refractivity contribution >= 4 is 12.1 Å². The summed E-state index contributed by atoms with van der Waals surface area (Å²) in [6.45, 7) is 1.69. The summed E-state index contributed by atoms with van der Waals surface area (Å²) in [5, 5.41) is 2.69. The SMILES string of the molecule is CNCC(=O)c1cc(C)c(F)cc1C=O. The number of benzene rings is 1. The minimum absolute atomic E-state index is 0.0957. The van der Waals surface area contributed by atoms with Crippen LogP contribution in [0.2, 0.25) is 0 Å². The average Bonchev–Trinajstić information content (AvgIpc) is 2.21. The second kappa shape index (κ2) is 4.79. The number of nitrogens with one attached hydrogen (secondary N) is 1. The Morgan fingerprint density at radius 2 is 2.20 bits per heavy atom. The zero-order valence-corrected chi connectivity index (χ0v) is 8.63. The lowest BCUT2D eigenvalue weighted by molar-refractivity contribution is 0.0986. The van der Waals surface area contributed by atoms with Crippen LogP contribution in [-0.4, -0.2) is 25.7 Å². The normalized spacial score (nSPS) is 10.1. The van der Waals surface area contributed by atoms with Crippen molar-refractivity contribution in [3.8, 4) is 0 Å². The molecule has 1 rings (SSSR count). The van der Waals surface area contributed by atoms with Gasteiger partial charge in [-0.15, -0.1) is 0 Å². The molecule has 0 amide bonds. The lowest BCUT2D eigenvalue weighted by Crippen LogP contribution is -2.20. The number of halogens is 1. The monoisotopic (exact) mass is 209 g/mol. The molecule has 4 heteroatoms. The Morgan fingerprint density at radius 1 is 1.53 bits per heavy atom. The highest BCUT2D eigenvalue weighted by Gasteiger charge is 2.12. The van der Waals surface area contributed by atoms with Gasteiger partial charge in [0.25, 0.3) is 0 Å². The Kier molecular flexibility index (Phi) is 3.68. The van der Waals surface area contributed by atoms with Crippen LogP contribution in [0.1, 0.15) is 26.3 Å². The van der Waals surface area contributed by atoms with Crippen molar-refractivity contribution < 1.29 is 14.0 Å². The highest BCUT2D eigenvalue weighted by Crippen LogP contribution is 2.14. The van der Waals surface area contributed by atoms with E-state index in [9.17, 15) is 14.0 Å². The molecule has 0 bridgehead atoms. The van der Waals surface area contributed by atoms with E-state index in [1.807, 2.05) is 0 Å². The molecule has 0 atom stereocenters.